The number of amides is 1. The molecule has 0 fully saturated rings. The Morgan fingerprint density at radius 1 is 1.15 bits per heavy atom. The van der Waals surface area contributed by atoms with E-state index in [0.717, 1.165) is 17.7 Å². The highest BCUT2D eigenvalue weighted by molar-refractivity contribution is 5.76. The Kier molecular flexibility index (Phi) is 5.96. The number of aromatic nitrogens is 1. The van der Waals surface area contributed by atoms with Gasteiger partial charge < -0.3 is 14.5 Å². The van der Waals surface area contributed by atoms with Crippen molar-refractivity contribution in [2.45, 2.75) is 39.3 Å². The first-order valence-corrected chi connectivity index (χ1v) is 9.13. The number of carbonyl (C=O) groups excluding carboxylic acids is 1. The van der Waals surface area contributed by atoms with Gasteiger partial charge in [0.25, 0.3) is 0 Å². The second-order valence-corrected chi connectivity index (χ2v) is 6.65. The van der Waals surface area contributed by atoms with Crippen molar-refractivity contribution in [2.24, 2.45) is 0 Å². The summed E-state index contributed by atoms with van der Waals surface area (Å²) in [5.74, 6) is 0.315. The van der Waals surface area contributed by atoms with Crippen LogP contribution in [0.1, 0.15) is 25.8 Å². The standard InChI is InChI=1S/C21H24N2O4/c1-15(2)26-17-9-7-16(8-10-17)11-13-22-20(24)12-14-23-18-5-3-4-6-19(18)27-21(23)25/h3-10,15H,11-14H2,1-2H3,(H,22,24). The fraction of sp³-hybridized carbons (Fsp3) is 0.333. The summed E-state index contributed by atoms with van der Waals surface area (Å²) in [6, 6.07) is 15.1. The van der Waals surface area contributed by atoms with Crippen LogP contribution in [0.2, 0.25) is 0 Å². The molecule has 3 aromatic rings. The lowest BCUT2D eigenvalue weighted by atomic mass is 10.1. The molecule has 0 radical (unpaired) electrons. The zero-order valence-corrected chi connectivity index (χ0v) is 15.6. The third-order valence-electron chi connectivity index (χ3n) is 4.17. The van der Waals surface area contributed by atoms with E-state index in [-0.39, 0.29) is 18.4 Å². The monoisotopic (exact) mass is 368 g/mol. The molecule has 3 rings (SSSR count). The van der Waals surface area contributed by atoms with Crippen LogP contribution in [0.3, 0.4) is 0 Å². The van der Waals surface area contributed by atoms with Crippen LogP contribution in [0.25, 0.3) is 11.1 Å². The molecule has 0 bridgehead atoms. The molecule has 1 N–H and O–H groups in total. The molecule has 1 heterocycles. The number of hydrogen-bond acceptors (Lipinski definition) is 4. The quantitative estimate of drug-likeness (QED) is 0.663. The SMILES string of the molecule is CC(C)Oc1ccc(CCNC(=O)CCn2c(=O)oc3ccccc32)cc1. The van der Waals surface area contributed by atoms with Crippen LogP contribution in [-0.2, 0) is 17.8 Å². The number of nitrogens with one attached hydrogen (secondary N) is 1. The third-order valence-corrected chi connectivity index (χ3v) is 4.17. The number of hydrogen-bond donors (Lipinski definition) is 1. The summed E-state index contributed by atoms with van der Waals surface area (Å²) in [7, 11) is 0. The number of carbonyl (C=O) groups is 1. The number of nitrogens with zero attached hydrogens (tertiary/aromatic N) is 1. The normalized spacial score (nSPS) is 11.1. The van der Waals surface area contributed by atoms with Crippen LogP contribution in [0.15, 0.2) is 57.7 Å². The Bertz CT molecular complexity index is 954. The molecule has 6 nitrogen and oxygen atoms in total. The largest absolute Gasteiger partial charge is 0.491 e. The lowest BCUT2D eigenvalue weighted by Gasteiger charge is -2.10. The van der Waals surface area contributed by atoms with Crippen LogP contribution in [0.5, 0.6) is 5.75 Å². The average Bonchev–Trinajstić information content (AvgIpc) is 2.96. The third kappa shape index (κ3) is 5.00. The van der Waals surface area contributed by atoms with E-state index in [0.29, 0.717) is 24.2 Å². The molecule has 6 heteroatoms. The van der Waals surface area contributed by atoms with E-state index in [4.69, 9.17) is 9.15 Å². The number of para-hydroxylation sites is 2. The summed E-state index contributed by atoms with van der Waals surface area (Å²) < 4.78 is 12.3. The van der Waals surface area contributed by atoms with Gasteiger partial charge in [-0.25, -0.2) is 4.79 Å². The van der Waals surface area contributed by atoms with Gasteiger partial charge in [0, 0.05) is 19.5 Å². The number of oxazole rings is 1. The van der Waals surface area contributed by atoms with Gasteiger partial charge in [0.15, 0.2) is 5.58 Å². The summed E-state index contributed by atoms with van der Waals surface area (Å²) in [6.07, 6.45) is 1.11. The second kappa shape index (κ2) is 8.58. The van der Waals surface area contributed by atoms with Gasteiger partial charge in [-0.3, -0.25) is 9.36 Å². The van der Waals surface area contributed by atoms with E-state index < -0.39 is 5.76 Å². The van der Waals surface area contributed by atoms with Gasteiger partial charge in [-0.05, 0) is 50.1 Å². The van der Waals surface area contributed by atoms with Gasteiger partial charge in [0.1, 0.15) is 5.75 Å². The maximum absolute atomic E-state index is 12.1. The highest BCUT2D eigenvalue weighted by atomic mass is 16.5. The van der Waals surface area contributed by atoms with E-state index >= 15 is 0 Å². The van der Waals surface area contributed by atoms with Crippen molar-refractivity contribution in [3.8, 4) is 5.75 Å². The van der Waals surface area contributed by atoms with E-state index in [2.05, 4.69) is 5.32 Å². The molecule has 142 valence electrons. The first-order valence-electron chi connectivity index (χ1n) is 9.13. The lowest BCUT2D eigenvalue weighted by Crippen LogP contribution is -2.27. The Morgan fingerprint density at radius 3 is 2.63 bits per heavy atom. The highest BCUT2D eigenvalue weighted by Crippen LogP contribution is 2.14. The maximum Gasteiger partial charge on any atom is 0.419 e. The predicted octanol–water partition coefficient (Wildman–Crippen LogP) is 3.13. The molecule has 2 aromatic carbocycles. The molecule has 1 amide bonds. The van der Waals surface area contributed by atoms with Crippen LogP contribution >= 0.6 is 0 Å². The van der Waals surface area contributed by atoms with E-state index in [9.17, 15) is 9.59 Å². The van der Waals surface area contributed by atoms with Crippen molar-refractivity contribution in [1.82, 2.24) is 9.88 Å². The smallest absolute Gasteiger partial charge is 0.419 e. The van der Waals surface area contributed by atoms with Crippen LogP contribution in [0.4, 0.5) is 0 Å². The Hall–Kier alpha value is -3.02. The molecule has 0 atom stereocenters. The topological polar surface area (TPSA) is 73.5 Å². The molecule has 0 saturated carbocycles. The lowest BCUT2D eigenvalue weighted by molar-refractivity contribution is -0.121. The molecular formula is C21H24N2O4. The number of ether oxygens (including phenoxy) is 1. The number of benzene rings is 2. The molecule has 0 saturated heterocycles. The molecule has 0 aliphatic carbocycles. The van der Waals surface area contributed by atoms with Crippen molar-refractivity contribution < 1.29 is 13.9 Å². The van der Waals surface area contributed by atoms with Gasteiger partial charge >= 0.3 is 5.76 Å². The minimum Gasteiger partial charge on any atom is -0.491 e. The Morgan fingerprint density at radius 2 is 1.89 bits per heavy atom. The summed E-state index contributed by atoms with van der Waals surface area (Å²) >= 11 is 0. The summed E-state index contributed by atoms with van der Waals surface area (Å²) in [4.78, 5) is 24.0. The molecule has 0 aliphatic rings. The van der Waals surface area contributed by atoms with E-state index in [1.165, 1.54) is 4.57 Å². The van der Waals surface area contributed by atoms with Crippen molar-refractivity contribution in [2.75, 3.05) is 6.54 Å². The summed E-state index contributed by atoms with van der Waals surface area (Å²) in [6.45, 7) is 4.82. The molecule has 27 heavy (non-hydrogen) atoms. The maximum atomic E-state index is 12.1. The first kappa shape index (κ1) is 18.8. The number of aryl methyl sites for hydroxylation is 1. The fourth-order valence-electron chi connectivity index (χ4n) is 2.88. The van der Waals surface area contributed by atoms with Crippen LogP contribution < -0.4 is 15.8 Å². The fourth-order valence-corrected chi connectivity index (χ4v) is 2.88. The minimum absolute atomic E-state index is 0.0908. The molecule has 0 spiro atoms. The summed E-state index contributed by atoms with van der Waals surface area (Å²) in [5.41, 5.74) is 2.37. The molecule has 0 unspecified atom stereocenters. The van der Waals surface area contributed by atoms with Gasteiger partial charge in [-0.15, -0.1) is 0 Å². The Labute approximate surface area is 157 Å². The number of fused-ring (bicyclic) bond motifs is 1. The number of rotatable bonds is 8. The zero-order valence-electron chi connectivity index (χ0n) is 15.6. The van der Waals surface area contributed by atoms with Gasteiger partial charge in [0.05, 0.1) is 11.6 Å². The molecule has 1 aromatic heterocycles. The van der Waals surface area contributed by atoms with Crippen molar-refractivity contribution in [3.05, 3.63) is 64.6 Å². The van der Waals surface area contributed by atoms with Crippen LogP contribution in [0, 0.1) is 0 Å². The first-order chi connectivity index (χ1) is 13.0. The van der Waals surface area contributed by atoms with E-state index in [1.54, 1.807) is 6.07 Å². The predicted molar refractivity (Wildman–Crippen MR) is 104 cm³/mol. The highest BCUT2D eigenvalue weighted by Gasteiger charge is 2.10. The van der Waals surface area contributed by atoms with Gasteiger partial charge in [-0.1, -0.05) is 24.3 Å². The molecular weight excluding hydrogens is 344 g/mol. The Balaban J connectivity index is 1.46. The minimum atomic E-state index is -0.437. The summed E-state index contributed by atoms with van der Waals surface area (Å²) in [5, 5.41) is 2.89. The van der Waals surface area contributed by atoms with Crippen molar-refractivity contribution >= 4 is 17.0 Å². The van der Waals surface area contributed by atoms with Crippen molar-refractivity contribution in [1.29, 1.82) is 0 Å². The van der Waals surface area contributed by atoms with E-state index in [1.807, 2.05) is 56.3 Å². The zero-order chi connectivity index (χ0) is 19.2. The second-order valence-electron chi connectivity index (χ2n) is 6.65. The van der Waals surface area contributed by atoms with Gasteiger partial charge in [-0.2, -0.15) is 0 Å². The van der Waals surface area contributed by atoms with Crippen molar-refractivity contribution in [3.63, 3.8) is 0 Å². The van der Waals surface area contributed by atoms with Gasteiger partial charge in [0.2, 0.25) is 5.91 Å². The molecule has 0 aliphatic heterocycles. The van der Waals surface area contributed by atoms with Crippen LogP contribution in [-0.4, -0.2) is 23.1 Å². The average molecular weight is 368 g/mol.